The van der Waals surface area contributed by atoms with Gasteiger partial charge in [0, 0.05) is 31.8 Å². The first-order chi connectivity index (χ1) is 15.6. The van der Waals surface area contributed by atoms with E-state index in [-0.39, 0.29) is 30.1 Å². The van der Waals surface area contributed by atoms with Crippen molar-refractivity contribution < 1.29 is 14.0 Å². The first-order valence-electron chi connectivity index (χ1n) is 11.8. The molecule has 8 nitrogen and oxygen atoms in total. The average Bonchev–Trinajstić information content (AvgIpc) is 3.20. The topological polar surface area (TPSA) is 93.8 Å². The third kappa shape index (κ3) is 10.7. The minimum Gasteiger partial charge on any atom is -0.491 e. The molecule has 0 spiro atoms. The number of guanidine groups is 1. The number of aromatic nitrogens is 2. The number of aryl methyl sites for hydroxylation is 1. The summed E-state index contributed by atoms with van der Waals surface area (Å²) in [7, 11) is 0. The summed E-state index contributed by atoms with van der Waals surface area (Å²) in [4.78, 5) is 8.97. The number of nitrogens with one attached hydrogen (secondary N) is 2. The predicted octanol–water partition coefficient (Wildman–Crippen LogP) is 5.12. The van der Waals surface area contributed by atoms with Gasteiger partial charge in [-0.3, -0.25) is 4.99 Å². The van der Waals surface area contributed by atoms with Gasteiger partial charge in [0.25, 0.3) is 0 Å². The van der Waals surface area contributed by atoms with Crippen LogP contribution in [0.1, 0.15) is 64.1 Å². The van der Waals surface area contributed by atoms with Crippen LogP contribution >= 0.6 is 24.0 Å². The second-order valence-corrected chi connectivity index (χ2v) is 8.44. The molecule has 0 unspecified atom stereocenters. The molecule has 0 radical (unpaired) electrons. The van der Waals surface area contributed by atoms with Crippen molar-refractivity contribution in [2.24, 2.45) is 4.99 Å². The standard InChI is InChI=1S/C24H37N5O3.HI/c1-18(2)31-22-12-10-20(11-13-22)28-24(26-16-14-23-27-19(3)29-32-23)25-15-7-17-30-21-8-5-4-6-9-21;/h10-13,18,21H,4-9,14-17H2,1-3H3,(H2,25,26,28);1H. The normalized spacial score (nSPS) is 14.7. The zero-order valence-corrected chi connectivity index (χ0v) is 22.3. The van der Waals surface area contributed by atoms with Crippen LogP contribution < -0.4 is 15.4 Å². The van der Waals surface area contributed by atoms with Gasteiger partial charge in [-0.25, -0.2) is 0 Å². The molecule has 1 aliphatic carbocycles. The summed E-state index contributed by atoms with van der Waals surface area (Å²) in [6.45, 7) is 7.94. The van der Waals surface area contributed by atoms with E-state index < -0.39 is 0 Å². The number of benzene rings is 1. The van der Waals surface area contributed by atoms with Crippen LogP contribution in [0.2, 0.25) is 0 Å². The van der Waals surface area contributed by atoms with E-state index in [1.165, 1.54) is 32.1 Å². The van der Waals surface area contributed by atoms with Gasteiger partial charge in [-0.15, -0.1) is 24.0 Å². The molecule has 33 heavy (non-hydrogen) atoms. The molecule has 1 aromatic heterocycles. The Hall–Kier alpha value is -1.88. The lowest BCUT2D eigenvalue weighted by Gasteiger charge is -2.21. The van der Waals surface area contributed by atoms with E-state index in [0.717, 1.165) is 30.4 Å². The van der Waals surface area contributed by atoms with E-state index in [2.05, 4.69) is 20.8 Å². The molecule has 0 atom stereocenters. The Morgan fingerprint density at radius 1 is 1.18 bits per heavy atom. The van der Waals surface area contributed by atoms with Gasteiger partial charge in [0.15, 0.2) is 11.8 Å². The number of hydrogen-bond donors (Lipinski definition) is 2. The molecule has 1 aromatic carbocycles. The highest BCUT2D eigenvalue weighted by Crippen LogP contribution is 2.20. The molecule has 1 fully saturated rings. The molecule has 2 N–H and O–H groups in total. The summed E-state index contributed by atoms with van der Waals surface area (Å²) < 4.78 is 16.9. The molecule has 0 amide bonds. The van der Waals surface area contributed by atoms with Gasteiger partial charge in [-0.05, 0) is 64.3 Å². The van der Waals surface area contributed by atoms with Gasteiger partial charge >= 0.3 is 0 Å². The minimum absolute atomic E-state index is 0. The third-order valence-electron chi connectivity index (χ3n) is 5.17. The molecular weight excluding hydrogens is 533 g/mol. The van der Waals surface area contributed by atoms with Gasteiger partial charge < -0.3 is 24.6 Å². The van der Waals surface area contributed by atoms with Crippen LogP contribution in [-0.2, 0) is 11.2 Å². The van der Waals surface area contributed by atoms with E-state index in [1.54, 1.807) is 0 Å². The number of hydrogen-bond acceptors (Lipinski definition) is 6. The maximum absolute atomic E-state index is 6.02. The van der Waals surface area contributed by atoms with E-state index >= 15 is 0 Å². The Kier molecular flexibility index (Phi) is 12.5. The van der Waals surface area contributed by atoms with Crippen molar-refractivity contribution in [1.29, 1.82) is 0 Å². The van der Waals surface area contributed by atoms with E-state index in [1.807, 2.05) is 45.0 Å². The number of rotatable bonds is 11. The summed E-state index contributed by atoms with van der Waals surface area (Å²) in [6, 6.07) is 7.89. The van der Waals surface area contributed by atoms with E-state index in [0.29, 0.717) is 37.3 Å². The number of nitrogens with zero attached hydrogens (tertiary/aromatic N) is 3. The van der Waals surface area contributed by atoms with Crippen LogP contribution in [0.25, 0.3) is 0 Å². The molecule has 9 heteroatoms. The largest absolute Gasteiger partial charge is 0.491 e. The second-order valence-electron chi connectivity index (χ2n) is 8.44. The van der Waals surface area contributed by atoms with Crippen molar-refractivity contribution in [2.45, 2.75) is 77.9 Å². The highest BCUT2D eigenvalue weighted by Gasteiger charge is 2.13. The van der Waals surface area contributed by atoms with Crippen LogP contribution in [-0.4, -0.2) is 48.0 Å². The second kappa shape index (κ2) is 15.1. The first kappa shape index (κ1) is 27.4. The first-order valence-corrected chi connectivity index (χ1v) is 11.8. The maximum atomic E-state index is 6.02. The zero-order valence-electron chi connectivity index (χ0n) is 20.0. The van der Waals surface area contributed by atoms with Gasteiger partial charge in [-0.2, -0.15) is 4.98 Å². The zero-order chi connectivity index (χ0) is 22.6. The number of halogens is 1. The Morgan fingerprint density at radius 3 is 2.61 bits per heavy atom. The molecule has 1 aliphatic rings. The quantitative estimate of drug-likeness (QED) is 0.167. The van der Waals surface area contributed by atoms with Crippen molar-refractivity contribution in [1.82, 2.24) is 15.5 Å². The fourth-order valence-electron chi connectivity index (χ4n) is 3.63. The summed E-state index contributed by atoms with van der Waals surface area (Å²) in [6.07, 6.45) is 8.44. The lowest BCUT2D eigenvalue weighted by molar-refractivity contribution is 0.0281. The molecule has 0 aliphatic heterocycles. The van der Waals surface area contributed by atoms with Gasteiger partial charge in [0.2, 0.25) is 5.89 Å². The van der Waals surface area contributed by atoms with E-state index in [9.17, 15) is 0 Å². The van der Waals surface area contributed by atoms with Crippen molar-refractivity contribution in [3.8, 4) is 5.75 Å². The lowest BCUT2D eigenvalue weighted by Crippen LogP contribution is -2.32. The number of aliphatic imine (C=N–C) groups is 1. The summed E-state index contributed by atoms with van der Waals surface area (Å²) in [5.74, 6) is 2.83. The number of ether oxygens (including phenoxy) is 2. The summed E-state index contributed by atoms with van der Waals surface area (Å²) >= 11 is 0. The van der Waals surface area contributed by atoms with E-state index in [4.69, 9.17) is 19.0 Å². The van der Waals surface area contributed by atoms with Crippen molar-refractivity contribution in [3.63, 3.8) is 0 Å². The molecular formula is C24H38IN5O3. The highest BCUT2D eigenvalue weighted by atomic mass is 127. The molecule has 184 valence electrons. The molecule has 1 saturated carbocycles. The third-order valence-corrected chi connectivity index (χ3v) is 5.17. The predicted molar refractivity (Wildman–Crippen MR) is 142 cm³/mol. The van der Waals surface area contributed by atoms with Crippen molar-refractivity contribution in [2.75, 3.05) is 25.0 Å². The van der Waals surface area contributed by atoms with Gasteiger partial charge in [0.1, 0.15) is 5.75 Å². The average molecular weight is 572 g/mol. The van der Waals surface area contributed by atoms with Gasteiger partial charge in [0.05, 0.1) is 12.2 Å². The molecule has 3 rings (SSSR count). The number of anilines is 1. The summed E-state index contributed by atoms with van der Waals surface area (Å²) in [5, 5.41) is 10.6. The SMILES string of the molecule is Cc1noc(CCNC(=NCCCOC2CCCCC2)Nc2ccc(OC(C)C)cc2)n1.I. The Labute approximate surface area is 214 Å². The molecule has 0 saturated heterocycles. The molecule has 2 aromatic rings. The maximum Gasteiger partial charge on any atom is 0.228 e. The fourth-order valence-corrected chi connectivity index (χ4v) is 3.63. The van der Waals surface area contributed by atoms with Crippen molar-refractivity contribution >= 4 is 35.6 Å². The van der Waals surface area contributed by atoms with Crippen LogP contribution in [0.4, 0.5) is 5.69 Å². The van der Waals surface area contributed by atoms with Crippen LogP contribution in [0.15, 0.2) is 33.8 Å². The Morgan fingerprint density at radius 2 is 1.94 bits per heavy atom. The molecule has 1 heterocycles. The smallest absolute Gasteiger partial charge is 0.228 e. The summed E-state index contributed by atoms with van der Waals surface area (Å²) in [5.41, 5.74) is 0.944. The van der Waals surface area contributed by atoms with Gasteiger partial charge in [-0.1, -0.05) is 24.4 Å². The highest BCUT2D eigenvalue weighted by molar-refractivity contribution is 14.0. The van der Waals surface area contributed by atoms with Crippen LogP contribution in [0.5, 0.6) is 5.75 Å². The Bertz CT molecular complexity index is 820. The van der Waals surface area contributed by atoms with Crippen LogP contribution in [0.3, 0.4) is 0 Å². The van der Waals surface area contributed by atoms with Crippen LogP contribution in [0, 0.1) is 6.92 Å². The van der Waals surface area contributed by atoms with Crippen molar-refractivity contribution in [3.05, 3.63) is 36.0 Å². The lowest BCUT2D eigenvalue weighted by atomic mass is 9.98. The molecule has 0 bridgehead atoms. The monoisotopic (exact) mass is 571 g/mol. The Balaban J connectivity index is 0.00000385. The minimum atomic E-state index is 0. The fraction of sp³-hybridized carbons (Fsp3) is 0.625.